The highest BCUT2D eigenvalue weighted by Gasteiger charge is 2.24. The molecule has 0 bridgehead atoms. The molecule has 0 radical (unpaired) electrons. The molecule has 1 rings (SSSR count). The second kappa shape index (κ2) is 5.42. The molecule has 0 aromatic carbocycles. The number of aromatic nitrogens is 3. The molecule has 1 amide bonds. The maximum Gasteiger partial charge on any atom is 0.360 e. The summed E-state index contributed by atoms with van der Waals surface area (Å²) in [4.78, 5) is 22.7. The van der Waals surface area contributed by atoms with Gasteiger partial charge in [-0.2, -0.15) is 0 Å². The van der Waals surface area contributed by atoms with Gasteiger partial charge in [0.05, 0.1) is 12.3 Å². The lowest BCUT2D eigenvalue weighted by Gasteiger charge is -2.12. The van der Waals surface area contributed by atoms with Crippen LogP contribution in [-0.2, 0) is 9.53 Å². The van der Waals surface area contributed by atoms with Crippen LogP contribution < -0.4 is 5.73 Å². The number of rotatable bonds is 5. The molecule has 0 saturated carbocycles. The zero-order valence-corrected chi connectivity index (χ0v) is 10.1. The fraction of sp³-hybridized carbons (Fsp3) is 0.600. The summed E-state index contributed by atoms with van der Waals surface area (Å²) in [5, 5.41) is 7.49. The van der Waals surface area contributed by atoms with Crippen LogP contribution in [0.4, 0.5) is 0 Å². The van der Waals surface area contributed by atoms with E-state index >= 15 is 0 Å². The Labute approximate surface area is 98.9 Å². The van der Waals surface area contributed by atoms with E-state index in [0.717, 1.165) is 0 Å². The van der Waals surface area contributed by atoms with Gasteiger partial charge >= 0.3 is 5.97 Å². The number of amides is 1. The quantitative estimate of drug-likeness (QED) is 0.741. The third kappa shape index (κ3) is 2.61. The Kier molecular flexibility index (Phi) is 4.19. The second-order valence-electron chi connectivity index (χ2n) is 3.51. The van der Waals surface area contributed by atoms with E-state index in [1.807, 2.05) is 0 Å². The summed E-state index contributed by atoms with van der Waals surface area (Å²) in [7, 11) is 0. The first kappa shape index (κ1) is 13.1. The van der Waals surface area contributed by atoms with Crippen molar-refractivity contribution < 1.29 is 14.3 Å². The van der Waals surface area contributed by atoms with E-state index in [1.165, 1.54) is 4.68 Å². The molecule has 0 saturated heterocycles. The molecule has 0 aliphatic heterocycles. The van der Waals surface area contributed by atoms with Gasteiger partial charge in [-0.1, -0.05) is 12.1 Å². The lowest BCUT2D eigenvalue weighted by atomic mass is 10.2. The molecular weight excluding hydrogens is 224 g/mol. The third-order valence-electron chi connectivity index (χ3n) is 2.41. The van der Waals surface area contributed by atoms with Crippen LogP contribution in [0.15, 0.2) is 0 Å². The van der Waals surface area contributed by atoms with Crippen molar-refractivity contribution in [2.45, 2.75) is 33.2 Å². The molecule has 1 aromatic rings. The summed E-state index contributed by atoms with van der Waals surface area (Å²) in [6.45, 7) is 5.42. The summed E-state index contributed by atoms with van der Waals surface area (Å²) < 4.78 is 6.18. The summed E-state index contributed by atoms with van der Waals surface area (Å²) >= 11 is 0. The molecular formula is C10H16N4O3. The molecule has 7 heteroatoms. The predicted octanol–water partition coefficient (Wildman–Crippen LogP) is 0.200. The molecule has 0 aliphatic carbocycles. The van der Waals surface area contributed by atoms with Gasteiger partial charge in [-0.15, -0.1) is 5.10 Å². The molecule has 7 nitrogen and oxygen atoms in total. The molecule has 1 heterocycles. The number of carbonyl (C=O) groups excluding carboxylic acids is 2. The van der Waals surface area contributed by atoms with E-state index in [2.05, 4.69) is 10.3 Å². The first-order valence-corrected chi connectivity index (χ1v) is 5.41. The van der Waals surface area contributed by atoms with Crippen molar-refractivity contribution in [3.05, 3.63) is 11.4 Å². The van der Waals surface area contributed by atoms with Crippen molar-refractivity contribution in [2.75, 3.05) is 6.61 Å². The van der Waals surface area contributed by atoms with Crippen LogP contribution in [0.3, 0.4) is 0 Å². The van der Waals surface area contributed by atoms with Crippen LogP contribution in [0, 0.1) is 6.92 Å². The largest absolute Gasteiger partial charge is 0.461 e. The smallest absolute Gasteiger partial charge is 0.360 e. The Hall–Kier alpha value is -1.92. The molecule has 17 heavy (non-hydrogen) atoms. The highest BCUT2D eigenvalue weighted by atomic mass is 16.5. The molecule has 0 aliphatic rings. The van der Waals surface area contributed by atoms with Gasteiger partial charge in [0.25, 0.3) is 0 Å². The minimum absolute atomic E-state index is 0.117. The summed E-state index contributed by atoms with van der Waals surface area (Å²) in [6.07, 6.45) is 0.488. The van der Waals surface area contributed by atoms with Crippen LogP contribution in [0.5, 0.6) is 0 Å². The Morgan fingerprint density at radius 1 is 1.47 bits per heavy atom. The molecule has 1 aromatic heterocycles. The molecule has 2 N–H and O–H groups in total. The van der Waals surface area contributed by atoms with Crippen molar-refractivity contribution >= 4 is 11.9 Å². The van der Waals surface area contributed by atoms with Crippen LogP contribution in [-0.4, -0.2) is 33.5 Å². The molecule has 1 atom stereocenters. The number of carbonyl (C=O) groups is 2. The van der Waals surface area contributed by atoms with Gasteiger partial charge in [0.1, 0.15) is 6.04 Å². The average molecular weight is 240 g/mol. The van der Waals surface area contributed by atoms with Gasteiger partial charge in [-0.25, -0.2) is 9.48 Å². The lowest BCUT2D eigenvalue weighted by Crippen LogP contribution is -2.27. The van der Waals surface area contributed by atoms with Crippen molar-refractivity contribution in [3.8, 4) is 0 Å². The Bertz CT molecular complexity index is 427. The van der Waals surface area contributed by atoms with Crippen molar-refractivity contribution in [3.63, 3.8) is 0 Å². The van der Waals surface area contributed by atoms with E-state index in [1.54, 1.807) is 20.8 Å². The van der Waals surface area contributed by atoms with E-state index in [9.17, 15) is 9.59 Å². The Balaban J connectivity index is 3.05. The van der Waals surface area contributed by atoms with E-state index in [4.69, 9.17) is 10.5 Å². The normalized spacial score (nSPS) is 12.2. The van der Waals surface area contributed by atoms with Crippen molar-refractivity contribution in [1.82, 2.24) is 15.0 Å². The topological polar surface area (TPSA) is 100 Å². The van der Waals surface area contributed by atoms with Crippen LogP contribution >= 0.6 is 0 Å². The zero-order valence-electron chi connectivity index (χ0n) is 10.1. The van der Waals surface area contributed by atoms with Gasteiger partial charge in [0.2, 0.25) is 5.91 Å². The summed E-state index contributed by atoms with van der Waals surface area (Å²) in [6, 6.07) is -0.592. The number of esters is 1. The van der Waals surface area contributed by atoms with E-state index in [0.29, 0.717) is 12.1 Å². The van der Waals surface area contributed by atoms with Crippen molar-refractivity contribution in [2.24, 2.45) is 5.73 Å². The molecule has 0 fully saturated rings. The number of nitrogens with two attached hydrogens (primary N) is 1. The molecule has 94 valence electrons. The van der Waals surface area contributed by atoms with Gasteiger partial charge in [-0.05, 0) is 20.3 Å². The number of ether oxygens (including phenoxy) is 1. The van der Waals surface area contributed by atoms with Gasteiger partial charge < -0.3 is 10.5 Å². The van der Waals surface area contributed by atoms with Crippen LogP contribution in [0.25, 0.3) is 0 Å². The minimum atomic E-state index is -0.592. The number of hydrogen-bond acceptors (Lipinski definition) is 5. The SMILES string of the molecule is CCOC(=O)c1nnn(C(CC)C(N)=O)c1C. The van der Waals surface area contributed by atoms with Gasteiger partial charge in [0.15, 0.2) is 5.69 Å². The van der Waals surface area contributed by atoms with E-state index in [-0.39, 0.29) is 12.3 Å². The van der Waals surface area contributed by atoms with Crippen LogP contribution in [0.2, 0.25) is 0 Å². The number of nitrogens with zero attached hydrogens (tertiary/aromatic N) is 3. The lowest BCUT2D eigenvalue weighted by molar-refractivity contribution is -0.121. The first-order valence-electron chi connectivity index (χ1n) is 5.41. The van der Waals surface area contributed by atoms with Crippen LogP contribution in [0.1, 0.15) is 42.5 Å². The molecule has 0 spiro atoms. The number of hydrogen-bond donors (Lipinski definition) is 1. The molecule has 1 unspecified atom stereocenters. The third-order valence-corrected chi connectivity index (χ3v) is 2.41. The zero-order chi connectivity index (χ0) is 13.0. The maximum atomic E-state index is 11.5. The van der Waals surface area contributed by atoms with Gasteiger partial charge in [-0.3, -0.25) is 4.79 Å². The standard InChI is InChI=1S/C10H16N4O3/c1-4-7(9(11)15)14-6(3)8(12-13-14)10(16)17-5-2/h7H,4-5H2,1-3H3,(H2,11,15). The predicted molar refractivity (Wildman–Crippen MR) is 59.2 cm³/mol. The monoisotopic (exact) mass is 240 g/mol. The Morgan fingerprint density at radius 3 is 2.59 bits per heavy atom. The summed E-state index contributed by atoms with van der Waals surface area (Å²) in [5.41, 5.74) is 5.85. The summed E-state index contributed by atoms with van der Waals surface area (Å²) in [5.74, 6) is -1.05. The van der Waals surface area contributed by atoms with Crippen molar-refractivity contribution in [1.29, 1.82) is 0 Å². The minimum Gasteiger partial charge on any atom is -0.461 e. The maximum absolute atomic E-state index is 11.5. The fourth-order valence-electron chi connectivity index (χ4n) is 1.52. The fourth-order valence-corrected chi connectivity index (χ4v) is 1.52. The van der Waals surface area contributed by atoms with Gasteiger partial charge in [0, 0.05) is 0 Å². The number of primary amides is 1. The highest BCUT2D eigenvalue weighted by molar-refractivity contribution is 5.88. The average Bonchev–Trinajstić information content (AvgIpc) is 2.62. The Morgan fingerprint density at radius 2 is 2.12 bits per heavy atom. The second-order valence-corrected chi connectivity index (χ2v) is 3.51. The highest BCUT2D eigenvalue weighted by Crippen LogP contribution is 2.14. The first-order chi connectivity index (χ1) is 8.02. The van der Waals surface area contributed by atoms with E-state index < -0.39 is 17.9 Å².